The first kappa shape index (κ1) is 11.8. The van der Waals surface area contributed by atoms with Gasteiger partial charge in [-0.05, 0) is 19.1 Å². The van der Waals surface area contributed by atoms with Gasteiger partial charge in [-0.1, -0.05) is 29.3 Å². The zero-order chi connectivity index (χ0) is 12.7. The topological polar surface area (TPSA) is 38.7 Å². The minimum Gasteiger partial charge on any atom is -0.249 e. The van der Waals surface area contributed by atoms with Crippen molar-refractivity contribution in [3.63, 3.8) is 0 Å². The fraction of sp³-hybridized carbons (Fsp3) is 0.0833. The van der Waals surface area contributed by atoms with Crippen LogP contribution in [0.4, 0.5) is 0 Å². The van der Waals surface area contributed by atoms with E-state index in [-0.39, 0.29) is 0 Å². The summed E-state index contributed by atoms with van der Waals surface area (Å²) in [6.45, 7) is 1.93. The normalized spacial score (nSPS) is 11.1. The van der Waals surface area contributed by atoms with E-state index in [2.05, 4.69) is 15.0 Å². The summed E-state index contributed by atoms with van der Waals surface area (Å²) in [5.74, 6) is 0.561. The number of rotatable bonds is 1. The first-order chi connectivity index (χ1) is 8.65. The molecule has 6 heteroatoms. The van der Waals surface area contributed by atoms with Gasteiger partial charge < -0.3 is 0 Å². The van der Waals surface area contributed by atoms with Crippen molar-refractivity contribution < 1.29 is 0 Å². The van der Waals surface area contributed by atoms with Gasteiger partial charge in [-0.2, -0.15) is 0 Å². The predicted octanol–water partition coefficient (Wildman–Crippen LogP) is 4.37. The van der Waals surface area contributed by atoms with Crippen LogP contribution >= 0.6 is 34.5 Å². The molecule has 0 bridgehead atoms. The monoisotopic (exact) mass is 295 g/mol. The van der Waals surface area contributed by atoms with Gasteiger partial charge in [0.25, 0.3) is 0 Å². The number of thiazole rings is 1. The SMILES string of the molecule is Cc1ncc(-c2nc(Cl)c3cccc(Cl)c3n2)s1. The lowest BCUT2D eigenvalue weighted by Gasteiger charge is -2.03. The molecule has 0 aliphatic carbocycles. The van der Waals surface area contributed by atoms with E-state index in [9.17, 15) is 0 Å². The second-order valence-electron chi connectivity index (χ2n) is 3.72. The van der Waals surface area contributed by atoms with E-state index in [1.54, 1.807) is 12.3 Å². The number of fused-ring (bicyclic) bond motifs is 1. The van der Waals surface area contributed by atoms with Crippen molar-refractivity contribution in [2.24, 2.45) is 0 Å². The van der Waals surface area contributed by atoms with Gasteiger partial charge >= 0.3 is 0 Å². The van der Waals surface area contributed by atoms with Crippen LogP contribution < -0.4 is 0 Å². The molecule has 0 aliphatic rings. The summed E-state index contributed by atoms with van der Waals surface area (Å²) in [6.07, 6.45) is 1.74. The molecule has 18 heavy (non-hydrogen) atoms. The van der Waals surface area contributed by atoms with Gasteiger partial charge in [-0.25, -0.2) is 15.0 Å². The van der Waals surface area contributed by atoms with Crippen LogP contribution in [0.25, 0.3) is 21.6 Å². The molecule has 90 valence electrons. The van der Waals surface area contributed by atoms with E-state index in [1.807, 2.05) is 19.1 Å². The second kappa shape index (κ2) is 4.46. The number of hydrogen-bond donors (Lipinski definition) is 0. The number of benzene rings is 1. The van der Waals surface area contributed by atoms with Gasteiger partial charge in [-0.3, -0.25) is 0 Å². The molecule has 0 N–H and O–H groups in total. The highest BCUT2D eigenvalue weighted by molar-refractivity contribution is 7.14. The standard InChI is InChI=1S/C12H7Cl2N3S/c1-6-15-5-9(18-6)12-16-10-7(11(14)17-12)3-2-4-8(10)13/h2-5H,1H3. The molecule has 0 radical (unpaired) electrons. The van der Waals surface area contributed by atoms with Crippen molar-refractivity contribution in [2.45, 2.75) is 6.92 Å². The largest absolute Gasteiger partial charge is 0.249 e. The molecule has 3 aromatic rings. The Morgan fingerprint density at radius 2 is 2.00 bits per heavy atom. The van der Waals surface area contributed by atoms with Gasteiger partial charge in [0.05, 0.1) is 20.4 Å². The maximum Gasteiger partial charge on any atom is 0.173 e. The maximum atomic E-state index is 6.17. The summed E-state index contributed by atoms with van der Waals surface area (Å²) >= 11 is 13.8. The molecule has 0 spiro atoms. The van der Waals surface area contributed by atoms with Crippen molar-refractivity contribution in [2.75, 3.05) is 0 Å². The van der Waals surface area contributed by atoms with E-state index in [4.69, 9.17) is 23.2 Å². The van der Waals surface area contributed by atoms with Crippen molar-refractivity contribution in [3.05, 3.63) is 39.6 Å². The summed E-state index contributed by atoms with van der Waals surface area (Å²) in [5.41, 5.74) is 0.667. The van der Waals surface area contributed by atoms with Gasteiger partial charge in [0, 0.05) is 11.6 Å². The highest BCUT2D eigenvalue weighted by atomic mass is 35.5. The minimum absolute atomic E-state index is 0.406. The summed E-state index contributed by atoms with van der Waals surface area (Å²) in [7, 11) is 0. The number of halogens is 2. The minimum atomic E-state index is 0.406. The molecule has 0 saturated heterocycles. The van der Waals surface area contributed by atoms with Crippen LogP contribution in [0.1, 0.15) is 5.01 Å². The Balaban J connectivity index is 2.29. The number of para-hydroxylation sites is 1. The number of hydrogen-bond acceptors (Lipinski definition) is 4. The number of aryl methyl sites for hydroxylation is 1. The van der Waals surface area contributed by atoms with E-state index in [1.165, 1.54) is 11.3 Å². The summed E-state index contributed by atoms with van der Waals surface area (Å²) in [5, 5.41) is 2.70. The summed E-state index contributed by atoms with van der Waals surface area (Å²) < 4.78 is 0. The lowest BCUT2D eigenvalue weighted by molar-refractivity contribution is 1.23. The van der Waals surface area contributed by atoms with E-state index >= 15 is 0 Å². The van der Waals surface area contributed by atoms with E-state index in [0.29, 0.717) is 21.5 Å². The van der Waals surface area contributed by atoms with Gasteiger partial charge in [0.1, 0.15) is 5.15 Å². The Labute approximate surface area is 117 Å². The molecule has 0 fully saturated rings. The fourth-order valence-electron chi connectivity index (χ4n) is 1.65. The molecule has 0 saturated carbocycles. The van der Waals surface area contributed by atoms with Crippen LogP contribution in [0.3, 0.4) is 0 Å². The zero-order valence-corrected chi connectivity index (χ0v) is 11.6. The third-order valence-corrected chi connectivity index (χ3v) is 3.97. The van der Waals surface area contributed by atoms with Gasteiger partial charge in [-0.15, -0.1) is 11.3 Å². The van der Waals surface area contributed by atoms with Crippen LogP contribution in [-0.2, 0) is 0 Å². The highest BCUT2D eigenvalue weighted by Gasteiger charge is 2.11. The van der Waals surface area contributed by atoms with E-state index in [0.717, 1.165) is 15.3 Å². The summed E-state index contributed by atoms with van der Waals surface area (Å²) in [6, 6.07) is 5.47. The predicted molar refractivity (Wildman–Crippen MR) is 75.4 cm³/mol. The van der Waals surface area contributed by atoms with Crippen LogP contribution in [0.2, 0.25) is 10.2 Å². The zero-order valence-electron chi connectivity index (χ0n) is 9.32. The molecule has 1 aromatic carbocycles. The van der Waals surface area contributed by atoms with Crippen LogP contribution in [0.15, 0.2) is 24.4 Å². The molecule has 0 atom stereocenters. The number of aromatic nitrogens is 3. The molecule has 3 rings (SSSR count). The average Bonchev–Trinajstić information content (AvgIpc) is 2.77. The van der Waals surface area contributed by atoms with Gasteiger partial charge in [0.15, 0.2) is 5.82 Å². The lowest BCUT2D eigenvalue weighted by Crippen LogP contribution is -1.90. The average molecular weight is 296 g/mol. The molecule has 0 unspecified atom stereocenters. The molecular formula is C12H7Cl2N3S. The van der Waals surface area contributed by atoms with Crippen molar-refractivity contribution >= 4 is 45.4 Å². The molecule has 3 nitrogen and oxygen atoms in total. The lowest BCUT2D eigenvalue weighted by atomic mass is 10.2. The second-order valence-corrected chi connectivity index (χ2v) is 5.72. The third-order valence-electron chi connectivity index (χ3n) is 2.47. The van der Waals surface area contributed by atoms with Crippen LogP contribution in [0, 0.1) is 6.92 Å². The van der Waals surface area contributed by atoms with E-state index < -0.39 is 0 Å². The van der Waals surface area contributed by atoms with Crippen LogP contribution in [0.5, 0.6) is 0 Å². The van der Waals surface area contributed by atoms with Gasteiger partial charge in [0.2, 0.25) is 0 Å². The quantitative estimate of drug-likeness (QED) is 0.626. The third kappa shape index (κ3) is 1.96. The molecule has 2 heterocycles. The first-order valence-electron chi connectivity index (χ1n) is 5.20. The smallest absolute Gasteiger partial charge is 0.173 e. The maximum absolute atomic E-state index is 6.17. The molecular weight excluding hydrogens is 289 g/mol. The molecule has 0 amide bonds. The number of nitrogens with zero attached hydrogens (tertiary/aromatic N) is 3. The highest BCUT2D eigenvalue weighted by Crippen LogP contribution is 2.30. The Morgan fingerprint density at radius 3 is 2.72 bits per heavy atom. The fourth-order valence-corrected chi connectivity index (χ4v) is 2.82. The Hall–Kier alpha value is -1.23. The Kier molecular flexibility index (Phi) is 2.93. The molecule has 2 aromatic heterocycles. The molecule has 0 aliphatic heterocycles. The van der Waals surface area contributed by atoms with Crippen molar-refractivity contribution in [3.8, 4) is 10.7 Å². The first-order valence-corrected chi connectivity index (χ1v) is 6.77. The van der Waals surface area contributed by atoms with Crippen molar-refractivity contribution in [1.82, 2.24) is 15.0 Å². The Morgan fingerprint density at radius 1 is 1.17 bits per heavy atom. The van der Waals surface area contributed by atoms with Crippen molar-refractivity contribution in [1.29, 1.82) is 0 Å². The Bertz CT molecular complexity index is 739. The van der Waals surface area contributed by atoms with Crippen LogP contribution in [-0.4, -0.2) is 15.0 Å². The summed E-state index contributed by atoms with van der Waals surface area (Å²) in [4.78, 5) is 13.8.